The first-order valence-corrected chi connectivity index (χ1v) is 12.9. The number of aliphatic carboxylic acids is 1. The third-order valence-corrected chi connectivity index (χ3v) is 6.59. The zero-order valence-corrected chi connectivity index (χ0v) is 19.8. The van der Waals surface area contributed by atoms with Crippen LogP contribution < -0.4 is 10.6 Å². The number of hydrogen-bond donors (Lipinski definition) is 3. The monoisotopic (exact) mass is 488 g/mol. The van der Waals surface area contributed by atoms with Crippen molar-refractivity contribution in [1.29, 1.82) is 0 Å². The molecule has 1 aliphatic rings. The normalized spacial score (nSPS) is 14.4. The molecule has 1 unspecified atom stereocenters. The number of carbonyl (C=O) groups excluding carboxylic acids is 2. The Morgan fingerprint density at radius 1 is 1.00 bits per heavy atom. The van der Waals surface area contributed by atoms with Crippen molar-refractivity contribution in [3.8, 4) is 11.1 Å². The second-order valence-electron chi connectivity index (χ2n) is 8.45. The molecule has 0 saturated carbocycles. The lowest BCUT2D eigenvalue weighted by Gasteiger charge is -2.18. The summed E-state index contributed by atoms with van der Waals surface area (Å²) in [7, 11) is -3.37. The van der Waals surface area contributed by atoms with E-state index in [4.69, 9.17) is 4.74 Å². The Bertz CT molecular complexity index is 1130. The maximum absolute atomic E-state index is 12.3. The third-order valence-electron chi connectivity index (χ3n) is 5.61. The Morgan fingerprint density at radius 3 is 2.09 bits per heavy atom. The van der Waals surface area contributed by atoms with Gasteiger partial charge in [-0.25, -0.2) is 18.0 Å². The number of benzene rings is 2. The Kier molecular flexibility index (Phi) is 7.93. The number of hydrogen-bond acceptors (Lipinski definition) is 6. The zero-order valence-electron chi connectivity index (χ0n) is 19.0. The van der Waals surface area contributed by atoms with Crippen molar-refractivity contribution in [2.45, 2.75) is 37.8 Å². The first-order valence-electron chi connectivity index (χ1n) is 10.9. The molecule has 0 radical (unpaired) electrons. The summed E-state index contributed by atoms with van der Waals surface area (Å²) in [6, 6.07) is 14.0. The van der Waals surface area contributed by atoms with Crippen LogP contribution in [0.4, 0.5) is 4.79 Å². The molecule has 2 aromatic carbocycles. The molecule has 2 atom stereocenters. The van der Waals surface area contributed by atoms with Gasteiger partial charge in [0.15, 0.2) is 0 Å². The van der Waals surface area contributed by atoms with Gasteiger partial charge in [0.1, 0.15) is 22.5 Å². The molecule has 0 aliphatic heterocycles. The summed E-state index contributed by atoms with van der Waals surface area (Å²) >= 11 is 0. The Morgan fingerprint density at radius 2 is 1.56 bits per heavy atom. The van der Waals surface area contributed by atoms with Gasteiger partial charge < -0.3 is 20.5 Å². The van der Waals surface area contributed by atoms with Gasteiger partial charge in [-0.1, -0.05) is 48.5 Å². The maximum Gasteiger partial charge on any atom is 0.407 e. The van der Waals surface area contributed by atoms with Crippen LogP contribution >= 0.6 is 0 Å². The Labute approximate surface area is 198 Å². The first-order chi connectivity index (χ1) is 16.0. The predicted octanol–water partition coefficient (Wildman–Crippen LogP) is 2.31. The van der Waals surface area contributed by atoms with Crippen LogP contribution in [0.5, 0.6) is 0 Å². The van der Waals surface area contributed by atoms with Crippen LogP contribution in [0.1, 0.15) is 36.8 Å². The van der Waals surface area contributed by atoms with Crippen LogP contribution in [0.2, 0.25) is 0 Å². The van der Waals surface area contributed by atoms with E-state index in [0.29, 0.717) is 0 Å². The molecule has 0 heterocycles. The molecular formula is C24H28N2O7S. The van der Waals surface area contributed by atoms with E-state index in [1.165, 1.54) is 0 Å². The highest BCUT2D eigenvalue weighted by Crippen LogP contribution is 2.44. The molecule has 2 aromatic rings. The molecule has 0 aromatic heterocycles. The van der Waals surface area contributed by atoms with Gasteiger partial charge >= 0.3 is 12.1 Å². The van der Waals surface area contributed by atoms with E-state index in [2.05, 4.69) is 10.6 Å². The van der Waals surface area contributed by atoms with Crippen molar-refractivity contribution in [3.05, 3.63) is 59.7 Å². The molecule has 3 N–H and O–H groups in total. The number of fused-ring (bicyclic) bond motifs is 3. The van der Waals surface area contributed by atoms with E-state index in [1.54, 1.807) is 6.92 Å². The summed E-state index contributed by atoms with van der Waals surface area (Å²) in [5.74, 6) is -2.40. The molecule has 9 nitrogen and oxygen atoms in total. The number of alkyl carbamates (subject to hydrolysis) is 1. The van der Waals surface area contributed by atoms with Crippen molar-refractivity contribution in [2.24, 2.45) is 0 Å². The smallest absolute Gasteiger partial charge is 0.407 e. The van der Waals surface area contributed by atoms with Gasteiger partial charge in [-0.2, -0.15) is 0 Å². The van der Waals surface area contributed by atoms with Crippen molar-refractivity contribution in [1.82, 2.24) is 10.6 Å². The lowest BCUT2D eigenvalue weighted by atomic mass is 9.98. The number of carboxylic acids is 1. The van der Waals surface area contributed by atoms with Gasteiger partial charge in [0.2, 0.25) is 5.91 Å². The highest BCUT2D eigenvalue weighted by atomic mass is 32.2. The number of carbonyl (C=O) groups is 3. The standard InChI is InChI=1S/C24H28N2O7S/c1-15(13-22(27)26-21(23(28)29)11-12-34(2,31)32)25-24(30)33-14-20-18-9-5-3-7-16(18)17-8-4-6-10-19(17)20/h3-10,15,20-21H,11-14H2,1-2H3,(H,25,30)(H,26,27)(H,28,29)/t15-,21?/m1/s1. The van der Waals surface area contributed by atoms with Crippen LogP contribution in [0, 0.1) is 0 Å². The molecule has 2 amide bonds. The van der Waals surface area contributed by atoms with Crippen molar-refractivity contribution >= 4 is 27.8 Å². The summed E-state index contributed by atoms with van der Waals surface area (Å²) in [4.78, 5) is 35.8. The fraction of sp³-hybridized carbons (Fsp3) is 0.375. The van der Waals surface area contributed by atoms with Crippen LogP contribution in [-0.4, -0.2) is 62.2 Å². The Hall–Kier alpha value is -3.40. The summed E-state index contributed by atoms with van der Waals surface area (Å²) in [5, 5.41) is 14.1. The average Bonchev–Trinajstić information content (AvgIpc) is 3.08. The summed E-state index contributed by atoms with van der Waals surface area (Å²) in [6.45, 7) is 1.72. The molecular weight excluding hydrogens is 460 g/mol. The number of sulfone groups is 1. The van der Waals surface area contributed by atoms with E-state index in [1.807, 2.05) is 48.5 Å². The number of nitrogens with one attached hydrogen (secondary N) is 2. The van der Waals surface area contributed by atoms with E-state index in [9.17, 15) is 27.9 Å². The number of ether oxygens (including phenoxy) is 1. The van der Waals surface area contributed by atoms with Crippen molar-refractivity contribution < 1.29 is 32.6 Å². The SMILES string of the molecule is C[C@H](CC(=O)NC(CCS(C)(=O)=O)C(=O)O)NC(=O)OCC1c2ccccc2-c2ccccc21. The van der Waals surface area contributed by atoms with E-state index < -0.39 is 39.9 Å². The van der Waals surface area contributed by atoms with Gasteiger partial charge in [0.25, 0.3) is 0 Å². The first kappa shape index (κ1) is 25.2. The molecule has 0 fully saturated rings. The highest BCUT2D eigenvalue weighted by Gasteiger charge is 2.29. The lowest BCUT2D eigenvalue weighted by Crippen LogP contribution is -2.44. The number of amides is 2. The van der Waals surface area contributed by atoms with E-state index in [0.717, 1.165) is 28.5 Å². The van der Waals surface area contributed by atoms with Gasteiger partial charge in [-0.05, 0) is 35.6 Å². The second kappa shape index (κ2) is 10.7. The van der Waals surface area contributed by atoms with Crippen LogP contribution in [-0.2, 0) is 24.2 Å². The summed E-state index contributed by atoms with van der Waals surface area (Å²) in [5.41, 5.74) is 4.39. The van der Waals surface area contributed by atoms with Crippen LogP contribution in [0.15, 0.2) is 48.5 Å². The molecule has 0 saturated heterocycles. The van der Waals surface area contributed by atoms with Crippen LogP contribution in [0.25, 0.3) is 11.1 Å². The molecule has 0 spiro atoms. The molecule has 0 bridgehead atoms. The minimum Gasteiger partial charge on any atom is -0.480 e. The van der Waals surface area contributed by atoms with E-state index in [-0.39, 0.29) is 31.1 Å². The molecule has 10 heteroatoms. The molecule has 3 rings (SSSR count). The lowest BCUT2D eigenvalue weighted by molar-refractivity contribution is -0.141. The van der Waals surface area contributed by atoms with Crippen molar-refractivity contribution in [3.63, 3.8) is 0 Å². The largest absolute Gasteiger partial charge is 0.480 e. The van der Waals surface area contributed by atoms with Gasteiger partial charge in [0.05, 0.1) is 5.75 Å². The van der Waals surface area contributed by atoms with Gasteiger partial charge in [-0.15, -0.1) is 0 Å². The third kappa shape index (κ3) is 6.57. The fourth-order valence-corrected chi connectivity index (χ4v) is 4.68. The Balaban J connectivity index is 1.51. The highest BCUT2D eigenvalue weighted by molar-refractivity contribution is 7.90. The minimum absolute atomic E-state index is 0.0945. The number of rotatable bonds is 10. The second-order valence-corrected chi connectivity index (χ2v) is 10.7. The molecule has 182 valence electrons. The van der Waals surface area contributed by atoms with Gasteiger partial charge in [0, 0.05) is 24.6 Å². The van der Waals surface area contributed by atoms with Crippen LogP contribution in [0.3, 0.4) is 0 Å². The minimum atomic E-state index is -3.37. The van der Waals surface area contributed by atoms with E-state index >= 15 is 0 Å². The predicted molar refractivity (Wildman–Crippen MR) is 126 cm³/mol. The number of carboxylic acid groups (broad SMARTS) is 1. The fourth-order valence-electron chi connectivity index (χ4n) is 4.01. The van der Waals surface area contributed by atoms with Crippen molar-refractivity contribution in [2.75, 3.05) is 18.6 Å². The average molecular weight is 489 g/mol. The molecule has 1 aliphatic carbocycles. The topological polar surface area (TPSA) is 139 Å². The molecule has 34 heavy (non-hydrogen) atoms. The quantitative estimate of drug-likeness (QED) is 0.466. The maximum atomic E-state index is 12.3. The van der Waals surface area contributed by atoms with Gasteiger partial charge in [-0.3, -0.25) is 4.79 Å². The summed E-state index contributed by atoms with van der Waals surface area (Å²) < 4.78 is 28.0. The summed E-state index contributed by atoms with van der Waals surface area (Å²) in [6.07, 6.45) is -0.122. The zero-order chi connectivity index (χ0) is 24.9.